The Morgan fingerprint density at radius 2 is 2.00 bits per heavy atom. The number of hydrogen-bond donors (Lipinski definition) is 3. The van der Waals surface area contributed by atoms with Gasteiger partial charge in [0.05, 0.1) is 18.1 Å². The van der Waals surface area contributed by atoms with E-state index in [1.54, 1.807) is 23.5 Å². The third kappa shape index (κ3) is 3.08. The van der Waals surface area contributed by atoms with Crippen LogP contribution in [0.1, 0.15) is 37.3 Å². The number of aliphatic hydroxyl groups excluding tert-OH is 1. The topological polar surface area (TPSA) is 160 Å². The number of nitrogens with two attached hydrogens (primary N) is 1. The van der Waals surface area contributed by atoms with Crippen LogP contribution in [-0.4, -0.2) is 74.1 Å². The zero-order valence-electron chi connectivity index (χ0n) is 16.9. The number of hydrogen-bond acceptors (Lipinski definition) is 8. The van der Waals surface area contributed by atoms with Crippen molar-refractivity contribution in [2.75, 3.05) is 18.6 Å². The summed E-state index contributed by atoms with van der Waals surface area (Å²) in [5, 5.41) is 20.3. The summed E-state index contributed by atoms with van der Waals surface area (Å²) in [6.45, 7) is -0.521. The second kappa shape index (κ2) is 7.02. The van der Waals surface area contributed by atoms with Gasteiger partial charge in [-0.05, 0) is 25.7 Å². The molecule has 1 amide bonds. The van der Waals surface area contributed by atoms with Crippen LogP contribution in [0.5, 0.6) is 0 Å². The van der Waals surface area contributed by atoms with Gasteiger partial charge in [0.2, 0.25) is 5.91 Å². The van der Waals surface area contributed by atoms with Gasteiger partial charge in [0.1, 0.15) is 17.3 Å². The molecule has 2 aliphatic heterocycles. The van der Waals surface area contributed by atoms with Gasteiger partial charge in [0, 0.05) is 41.6 Å². The largest absolute Gasteiger partial charge is 0.387 e. The van der Waals surface area contributed by atoms with E-state index in [0.717, 1.165) is 24.7 Å². The van der Waals surface area contributed by atoms with E-state index in [2.05, 4.69) is 15.3 Å². The number of aromatic nitrogens is 5. The minimum Gasteiger partial charge on any atom is -0.387 e. The highest BCUT2D eigenvalue weighted by molar-refractivity contribution is 7.91. The number of nitrogens with one attached hydrogen (secondary N) is 1. The number of H-pyrrole nitrogens is 1. The number of aliphatic hydroxyl groups is 1. The van der Waals surface area contributed by atoms with Crippen molar-refractivity contribution in [1.29, 1.82) is 0 Å². The lowest BCUT2D eigenvalue weighted by molar-refractivity contribution is -0.138. The Morgan fingerprint density at radius 3 is 2.58 bits per heavy atom. The van der Waals surface area contributed by atoms with Crippen LogP contribution in [-0.2, 0) is 14.6 Å². The van der Waals surface area contributed by atoms with Gasteiger partial charge in [0.25, 0.3) is 0 Å². The van der Waals surface area contributed by atoms with E-state index < -0.39 is 16.4 Å². The molecule has 2 bridgehead atoms. The molecule has 0 saturated carbocycles. The van der Waals surface area contributed by atoms with Crippen LogP contribution in [0.4, 0.5) is 5.82 Å². The Bertz CT molecular complexity index is 1250. The highest BCUT2D eigenvalue weighted by Gasteiger charge is 2.45. The van der Waals surface area contributed by atoms with Crippen LogP contribution in [0.15, 0.2) is 23.5 Å². The fourth-order valence-corrected chi connectivity index (χ4v) is 6.22. The fraction of sp³-hybridized carbons (Fsp3) is 0.474. The van der Waals surface area contributed by atoms with E-state index >= 15 is 0 Å². The number of fused-ring (bicyclic) bond motifs is 3. The summed E-state index contributed by atoms with van der Waals surface area (Å²) in [5.41, 5.74) is 8.66. The molecule has 3 aromatic rings. The molecular weight excluding hydrogens is 422 g/mol. The van der Waals surface area contributed by atoms with Crippen LogP contribution >= 0.6 is 0 Å². The molecule has 0 aromatic carbocycles. The number of nitrogens with zero attached hydrogens (tertiary/aromatic N) is 5. The number of anilines is 1. The molecule has 164 valence electrons. The summed E-state index contributed by atoms with van der Waals surface area (Å²) >= 11 is 0. The van der Waals surface area contributed by atoms with E-state index in [9.17, 15) is 18.3 Å². The van der Waals surface area contributed by atoms with Crippen molar-refractivity contribution in [2.24, 2.45) is 0 Å². The van der Waals surface area contributed by atoms with Crippen LogP contribution in [0.2, 0.25) is 0 Å². The van der Waals surface area contributed by atoms with Crippen molar-refractivity contribution in [3.63, 3.8) is 0 Å². The maximum absolute atomic E-state index is 12.7. The summed E-state index contributed by atoms with van der Waals surface area (Å²) < 4.78 is 26.8. The molecule has 2 atom stereocenters. The van der Waals surface area contributed by atoms with Crippen molar-refractivity contribution in [2.45, 2.75) is 48.6 Å². The highest BCUT2D eigenvalue weighted by atomic mass is 32.2. The van der Waals surface area contributed by atoms with E-state index in [-0.39, 0.29) is 34.6 Å². The minimum atomic E-state index is -3.69. The Balaban J connectivity index is 1.66. The molecule has 2 fully saturated rings. The van der Waals surface area contributed by atoms with E-state index in [0.29, 0.717) is 29.7 Å². The maximum atomic E-state index is 12.7. The van der Waals surface area contributed by atoms with Crippen molar-refractivity contribution >= 4 is 27.2 Å². The number of aromatic amines is 1. The number of sulfone groups is 1. The lowest BCUT2D eigenvalue weighted by atomic mass is 9.87. The first kappa shape index (κ1) is 19.9. The Kier molecular flexibility index (Phi) is 4.52. The minimum absolute atomic E-state index is 0.00632. The van der Waals surface area contributed by atoms with E-state index in [1.165, 1.54) is 4.52 Å². The molecule has 2 saturated heterocycles. The predicted octanol–water partition coefficient (Wildman–Crippen LogP) is 0.334. The molecular formula is C19H23N7O4S. The SMILES string of the molecule is CS(=O)(=O)c1c(C2CC3CCC(C2)N3C(=O)CO)nc2c(-c3cn[nH]c3)cnn2c1N. The van der Waals surface area contributed by atoms with Crippen LogP contribution < -0.4 is 5.73 Å². The highest BCUT2D eigenvalue weighted by Crippen LogP contribution is 2.45. The lowest BCUT2D eigenvalue weighted by Crippen LogP contribution is -2.47. The number of rotatable bonds is 4. The number of nitrogen functional groups attached to an aromatic ring is 1. The molecule has 0 spiro atoms. The van der Waals surface area contributed by atoms with Gasteiger partial charge in [0.15, 0.2) is 15.5 Å². The summed E-state index contributed by atoms with van der Waals surface area (Å²) in [7, 11) is -3.69. The number of amides is 1. The molecule has 2 aliphatic rings. The molecule has 12 heteroatoms. The first-order chi connectivity index (χ1) is 14.8. The van der Waals surface area contributed by atoms with Gasteiger partial charge in [-0.1, -0.05) is 0 Å². The average Bonchev–Trinajstić information content (AvgIpc) is 3.44. The molecule has 5 rings (SSSR count). The molecule has 11 nitrogen and oxygen atoms in total. The van der Waals surface area contributed by atoms with Crippen LogP contribution in [0.3, 0.4) is 0 Å². The smallest absolute Gasteiger partial charge is 0.248 e. The van der Waals surface area contributed by atoms with Crippen LogP contribution in [0.25, 0.3) is 16.8 Å². The molecule has 0 radical (unpaired) electrons. The van der Waals surface area contributed by atoms with Gasteiger partial charge < -0.3 is 15.7 Å². The lowest BCUT2D eigenvalue weighted by Gasteiger charge is -2.39. The number of carbonyl (C=O) groups excluding carboxylic acids is 1. The molecule has 31 heavy (non-hydrogen) atoms. The normalized spacial score (nSPS) is 23.5. The Labute approximate surface area is 178 Å². The first-order valence-electron chi connectivity index (χ1n) is 10.1. The third-order valence-corrected chi connectivity index (χ3v) is 7.55. The second-order valence-corrected chi connectivity index (χ2v) is 10.2. The summed E-state index contributed by atoms with van der Waals surface area (Å²) in [4.78, 5) is 18.7. The van der Waals surface area contributed by atoms with Crippen molar-refractivity contribution in [3.8, 4) is 11.1 Å². The second-order valence-electron chi connectivity index (χ2n) is 8.28. The van der Waals surface area contributed by atoms with Gasteiger partial charge >= 0.3 is 0 Å². The monoisotopic (exact) mass is 445 g/mol. The number of piperidine rings is 1. The third-order valence-electron chi connectivity index (χ3n) is 6.39. The van der Waals surface area contributed by atoms with E-state index in [1.807, 2.05) is 0 Å². The quantitative estimate of drug-likeness (QED) is 0.518. The average molecular weight is 446 g/mol. The van der Waals surface area contributed by atoms with Gasteiger partial charge in [-0.15, -0.1) is 0 Å². The summed E-state index contributed by atoms with van der Waals surface area (Å²) in [6, 6.07) is -0.0957. The number of carbonyl (C=O) groups is 1. The maximum Gasteiger partial charge on any atom is 0.248 e. The molecule has 2 unspecified atom stereocenters. The van der Waals surface area contributed by atoms with Gasteiger partial charge in [-0.3, -0.25) is 9.89 Å². The molecule has 4 N–H and O–H groups in total. The van der Waals surface area contributed by atoms with Crippen molar-refractivity contribution in [1.82, 2.24) is 29.7 Å². The molecule has 5 heterocycles. The van der Waals surface area contributed by atoms with E-state index in [4.69, 9.17) is 10.7 Å². The fourth-order valence-electron chi connectivity index (χ4n) is 5.17. The standard InChI is InChI=1S/C19H23N7O4S/c1-31(29,30)17-16(10-4-12-2-3-13(5-10)25(12)15(28)9-27)24-19-14(11-6-21-22-7-11)8-23-26(19)18(17)20/h6-8,10,12-13,27H,2-5,9,20H2,1H3,(H,21,22). The predicted molar refractivity (Wildman–Crippen MR) is 111 cm³/mol. The zero-order chi connectivity index (χ0) is 21.9. The van der Waals surface area contributed by atoms with Crippen LogP contribution in [0, 0.1) is 0 Å². The zero-order valence-corrected chi connectivity index (χ0v) is 17.7. The van der Waals surface area contributed by atoms with Gasteiger partial charge in [-0.2, -0.15) is 14.7 Å². The van der Waals surface area contributed by atoms with Crippen molar-refractivity contribution < 1.29 is 18.3 Å². The molecule has 3 aromatic heterocycles. The van der Waals surface area contributed by atoms with Crippen molar-refractivity contribution in [3.05, 3.63) is 24.3 Å². The Hall–Kier alpha value is -2.99. The molecule has 0 aliphatic carbocycles. The summed E-state index contributed by atoms with van der Waals surface area (Å²) in [5.74, 6) is -0.432. The Morgan fingerprint density at radius 1 is 1.29 bits per heavy atom. The summed E-state index contributed by atoms with van der Waals surface area (Å²) in [6.07, 6.45) is 8.85. The first-order valence-corrected chi connectivity index (χ1v) is 12.0. The van der Waals surface area contributed by atoms with Gasteiger partial charge in [-0.25, -0.2) is 13.4 Å².